The molecular formula is C11H11N3O. The van der Waals surface area contributed by atoms with Crippen molar-refractivity contribution in [1.29, 1.82) is 0 Å². The maximum absolute atomic E-state index is 11.4. The maximum Gasteiger partial charge on any atom is 0.250 e. The number of aryl methyl sites for hydroxylation is 1. The number of anilines is 1. The lowest BCUT2D eigenvalue weighted by atomic mass is 10.2. The van der Waals surface area contributed by atoms with Crippen molar-refractivity contribution in [1.82, 2.24) is 9.55 Å². The molecule has 15 heavy (non-hydrogen) atoms. The molecule has 0 aliphatic heterocycles. The fraction of sp³-hybridized carbons (Fsp3) is 0.0909. The van der Waals surface area contributed by atoms with Gasteiger partial charge in [0.15, 0.2) is 0 Å². The van der Waals surface area contributed by atoms with Crippen molar-refractivity contribution in [2.45, 2.75) is 0 Å². The summed E-state index contributed by atoms with van der Waals surface area (Å²) >= 11 is 0. The number of nitrogens with two attached hydrogens (primary N) is 1. The Morgan fingerprint density at radius 3 is 2.73 bits per heavy atom. The smallest absolute Gasteiger partial charge is 0.250 e. The SMILES string of the molecule is Cn1ccc(-c2ccc(N)cn2)cc1=O. The van der Waals surface area contributed by atoms with Gasteiger partial charge in [-0.15, -0.1) is 0 Å². The van der Waals surface area contributed by atoms with E-state index in [4.69, 9.17) is 5.73 Å². The Hall–Kier alpha value is -2.10. The second-order valence-electron chi connectivity index (χ2n) is 3.34. The number of aromatic nitrogens is 2. The summed E-state index contributed by atoms with van der Waals surface area (Å²) in [5.74, 6) is 0. The molecule has 2 N–H and O–H groups in total. The lowest BCUT2D eigenvalue weighted by molar-refractivity contribution is 0.861. The van der Waals surface area contributed by atoms with Gasteiger partial charge in [-0.1, -0.05) is 0 Å². The first-order valence-corrected chi connectivity index (χ1v) is 4.55. The topological polar surface area (TPSA) is 60.9 Å². The minimum atomic E-state index is -0.0499. The summed E-state index contributed by atoms with van der Waals surface area (Å²) in [7, 11) is 1.71. The van der Waals surface area contributed by atoms with E-state index in [1.54, 1.807) is 37.6 Å². The Bertz CT molecular complexity index is 528. The summed E-state index contributed by atoms with van der Waals surface area (Å²) in [6, 6.07) is 6.96. The lowest BCUT2D eigenvalue weighted by Gasteiger charge is -2.02. The molecule has 0 saturated carbocycles. The van der Waals surface area contributed by atoms with Gasteiger partial charge in [0, 0.05) is 24.9 Å². The molecule has 2 rings (SSSR count). The number of rotatable bonds is 1. The van der Waals surface area contributed by atoms with Gasteiger partial charge in [-0.25, -0.2) is 0 Å². The van der Waals surface area contributed by atoms with Gasteiger partial charge in [-0.2, -0.15) is 0 Å². The van der Waals surface area contributed by atoms with E-state index >= 15 is 0 Å². The summed E-state index contributed by atoms with van der Waals surface area (Å²) in [4.78, 5) is 15.5. The molecule has 0 radical (unpaired) electrons. The zero-order valence-electron chi connectivity index (χ0n) is 8.34. The van der Waals surface area contributed by atoms with Gasteiger partial charge >= 0.3 is 0 Å². The van der Waals surface area contributed by atoms with Crippen LogP contribution in [0.1, 0.15) is 0 Å². The van der Waals surface area contributed by atoms with Crippen LogP contribution in [0.5, 0.6) is 0 Å². The van der Waals surface area contributed by atoms with Gasteiger partial charge in [-0.05, 0) is 18.2 Å². The normalized spacial score (nSPS) is 10.2. The highest BCUT2D eigenvalue weighted by atomic mass is 16.1. The molecule has 0 saturated heterocycles. The van der Waals surface area contributed by atoms with Crippen molar-refractivity contribution < 1.29 is 0 Å². The van der Waals surface area contributed by atoms with E-state index in [0.717, 1.165) is 11.3 Å². The minimum absolute atomic E-state index is 0.0499. The largest absolute Gasteiger partial charge is 0.397 e. The molecule has 0 atom stereocenters. The molecule has 0 spiro atoms. The zero-order valence-corrected chi connectivity index (χ0v) is 8.34. The average molecular weight is 201 g/mol. The van der Waals surface area contributed by atoms with Gasteiger partial charge in [0.1, 0.15) is 0 Å². The second-order valence-corrected chi connectivity index (χ2v) is 3.34. The van der Waals surface area contributed by atoms with E-state index in [1.807, 2.05) is 6.07 Å². The van der Waals surface area contributed by atoms with Crippen LogP contribution in [-0.4, -0.2) is 9.55 Å². The van der Waals surface area contributed by atoms with Crippen LogP contribution < -0.4 is 11.3 Å². The van der Waals surface area contributed by atoms with E-state index in [2.05, 4.69) is 4.98 Å². The van der Waals surface area contributed by atoms with Crippen molar-refractivity contribution in [2.24, 2.45) is 7.05 Å². The van der Waals surface area contributed by atoms with Gasteiger partial charge in [0.25, 0.3) is 5.56 Å². The van der Waals surface area contributed by atoms with Gasteiger partial charge < -0.3 is 10.3 Å². The van der Waals surface area contributed by atoms with Crippen LogP contribution in [0.25, 0.3) is 11.3 Å². The molecule has 4 nitrogen and oxygen atoms in total. The lowest BCUT2D eigenvalue weighted by Crippen LogP contribution is -2.14. The molecule has 2 aromatic heterocycles. The summed E-state index contributed by atoms with van der Waals surface area (Å²) in [6.45, 7) is 0. The van der Waals surface area contributed by atoms with E-state index in [1.165, 1.54) is 4.57 Å². The second kappa shape index (κ2) is 3.57. The highest BCUT2D eigenvalue weighted by molar-refractivity contribution is 5.59. The molecule has 2 heterocycles. The van der Waals surface area contributed by atoms with Crippen LogP contribution in [0.2, 0.25) is 0 Å². The molecular weight excluding hydrogens is 190 g/mol. The summed E-state index contributed by atoms with van der Waals surface area (Å²) in [6.07, 6.45) is 3.29. The monoisotopic (exact) mass is 201 g/mol. The molecule has 0 aliphatic rings. The summed E-state index contributed by atoms with van der Waals surface area (Å²) in [5.41, 5.74) is 7.65. The molecule has 0 unspecified atom stereocenters. The number of nitrogens with zero attached hydrogens (tertiary/aromatic N) is 2. The Balaban J connectivity index is 2.50. The average Bonchev–Trinajstić information content (AvgIpc) is 2.23. The summed E-state index contributed by atoms with van der Waals surface area (Å²) < 4.78 is 1.51. The first kappa shape index (κ1) is 9.45. The quantitative estimate of drug-likeness (QED) is 0.749. The number of hydrogen-bond acceptors (Lipinski definition) is 3. The van der Waals surface area contributed by atoms with Crippen molar-refractivity contribution >= 4 is 5.69 Å². The molecule has 0 bridgehead atoms. The minimum Gasteiger partial charge on any atom is -0.397 e. The fourth-order valence-electron chi connectivity index (χ4n) is 1.28. The molecule has 4 heteroatoms. The molecule has 0 amide bonds. The Kier molecular flexibility index (Phi) is 2.25. The van der Waals surface area contributed by atoms with Crippen LogP contribution in [0.15, 0.2) is 41.5 Å². The third kappa shape index (κ3) is 1.88. The van der Waals surface area contributed by atoms with E-state index in [-0.39, 0.29) is 5.56 Å². The fourth-order valence-corrected chi connectivity index (χ4v) is 1.28. The van der Waals surface area contributed by atoms with Crippen LogP contribution in [0.4, 0.5) is 5.69 Å². The Morgan fingerprint density at radius 1 is 1.33 bits per heavy atom. The van der Waals surface area contributed by atoms with Crippen LogP contribution in [0.3, 0.4) is 0 Å². The predicted octanol–water partition coefficient (Wildman–Crippen LogP) is 1.03. The standard InChI is InChI=1S/C11H11N3O/c1-14-5-4-8(6-11(14)15)10-3-2-9(12)7-13-10/h2-7H,12H2,1H3. The van der Waals surface area contributed by atoms with E-state index < -0.39 is 0 Å². The molecule has 0 aromatic carbocycles. The van der Waals surface area contributed by atoms with Gasteiger partial charge in [-0.3, -0.25) is 9.78 Å². The van der Waals surface area contributed by atoms with Crippen molar-refractivity contribution in [3.05, 3.63) is 47.0 Å². The third-order valence-electron chi connectivity index (χ3n) is 2.19. The van der Waals surface area contributed by atoms with Gasteiger partial charge in [0.05, 0.1) is 17.6 Å². The molecule has 2 aromatic rings. The van der Waals surface area contributed by atoms with Crippen LogP contribution in [0, 0.1) is 0 Å². The van der Waals surface area contributed by atoms with Crippen LogP contribution >= 0.6 is 0 Å². The molecule has 0 fully saturated rings. The Labute approximate surface area is 87.0 Å². The van der Waals surface area contributed by atoms with Crippen molar-refractivity contribution in [3.63, 3.8) is 0 Å². The van der Waals surface area contributed by atoms with E-state index in [0.29, 0.717) is 5.69 Å². The first-order valence-electron chi connectivity index (χ1n) is 4.55. The van der Waals surface area contributed by atoms with Crippen LogP contribution in [-0.2, 0) is 7.05 Å². The van der Waals surface area contributed by atoms with Gasteiger partial charge in [0.2, 0.25) is 0 Å². The highest BCUT2D eigenvalue weighted by Gasteiger charge is 2.00. The zero-order chi connectivity index (χ0) is 10.8. The third-order valence-corrected chi connectivity index (χ3v) is 2.19. The van der Waals surface area contributed by atoms with E-state index in [9.17, 15) is 4.79 Å². The summed E-state index contributed by atoms with van der Waals surface area (Å²) in [5, 5.41) is 0. The van der Waals surface area contributed by atoms with Crippen molar-refractivity contribution in [2.75, 3.05) is 5.73 Å². The number of hydrogen-bond donors (Lipinski definition) is 1. The number of nitrogen functional groups attached to an aromatic ring is 1. The first-order chi connectivity index (χ1) is 7.16. The maximum atomic E-state index is 11.4. The number of pyridine rings is 2. The van der Waals surface area contributed by atoms with Crippen molar-refractivity contribution in [3.8, 4) is 11.3 Å². The molecule has 0 aliphatic carbocycles. The Morgan fingerprint density at radius 2 is 2.13 bits per heavy atom. The molecule has 76 valence electrons. The predicted molar refractivity (Wildman–Crippen MR) is 59.3 cm³/mol. The highest BCUT2D eigenvalue weighted by Crippen LogP contribution is 2.14.